The molecule has 1 fully saturated rings. The number of likely N-dealkylation sites (tertiary alicyclic amines) is 1. The number of aryl methyl sites for hydroxylation is 1. The van der Waals surface area contributed by atoms with E-state index in [9.17, 15) is 9.59 Å². The van der Waals surface area contributed by atoms with E-state index in [-0.39, 0.29) is 23.8 Å². The minimum Gasteiger partial charge on any atom is -0.361 e. The summed E-state index contributed by atoms with van der Waals surface area (Å²) in [5.41, 5.74) is 0.309. The Balaban J connectivity index is 1.83. The third kappa shape index (κ3) is 3.37. The molecule has 1 aliphatic rings. The molecule has 2 heterocycles. The van der Waals surface area contributed by atoms with Crippen LogP contribution in [0.3, 0.4) is 0 Å². The average molecular weight is 279 g/mol. The van der Waals surface area contributed by atoms with Crippen LogP contribution >= 0.6 is 0 Å². The number of piperidine rings is 1. The van der Waals surface area contributed by atoms with E-state index in [4.69, 9.17) is 4.52 Å². The normalized spacial score (nSPS) is 16.5. The van der Waals surface area contributed by atoms with E-state index < -0.39 is 0 Å². The van der Waals surface area contributed by atoms with Gasteiger partial charge in [0.15, 0.2) is 5.69 Å². The Morgan fingerprint density at radius 3 is 2.55 bits per heavy atom. The van der Waals surface area contributed by atoms with Gasteiger partial charge in [-0.1, -0.05) is 19.0 Å². The molecule has 1 aromatic heterocycles. The summed E-state index contributed by atoms with van der Waals surface area (Å²) in [5, 5.41) is 6.63. The quantitative estimate of drug-likeness (QED) is 0.906. The molecule has 0 saturated carbocycles. The van der Waals surface area contributed by atoms with Crippen molar-refractivity contribution in [2.75, 3.05) is 13.1 Å². The van der Waals surface area contributed by atoms with Gasteiger partial charge in [-0.25, -0.2) is 0 Å². The van der Waals surface area contributed by atoms with Crippen LogP contribution in [0.25, 0.3) is 0 Å². The zero-order valence-corrected chi connectivity index (χ0v) is 12.2. The summed E-state index contributed by atoms with van der Waals surface area (Å²) >= 11 is 0. The lowest BCUT2D eigenvalue weighted by molar-refractivity contribution is -0.135. The van der Waals surface area contributed by atoms with Gasteiger partial charge in [-0.05, 0) is 19.8 Å². The maximum absolute atomic E-state index is 11.9. The second kappa shape index (κ2) is 6.07. The Hall–Kier alpha value is -1.85. The summed E-state index contributed by atoms with van der Waals surface area (Å²) in [5.74, 6) is 0.615. The summed E-state index contributed by atoms with van der Waals surface area (Å²) in [7, 11) is 0. The van der Waals surface area contributed by atoms with Crippen molar-refractivity contribution in [3.8, 4) is 0 Å². The molecule has 1 saturated heterocycles. The van der Waals surface area contributed by atoms with E-state index >= 15 is 0 Å². The number of amides is 2. The third-order valence-corrected chi connectivity index (χ3v) is 3.50. The van der Waals surface area contributed by atoms with Gasteiger partial charge in [0.1, 0.15) is 5.76 Å². The van der Waals surface area contributed by atoms with Crippen molar-refractivity contribution in [1.82, 2.24) is 15.4 Å². The molecule has 1 aromatic rings. The molecule has 6 nitrogen and oxygen atoms in total. The van der Waals surface area contributed by atoms with Gasteiger partial charge < -0.3 is 14.7 Å². The minimum absolute atomic E-state index is 0.0271. The van der Waals surface area contributed by atoms with Gasteiger partial charge in [0.05, 0.1) is 0 Å². The van der Waals surface area contributed by atoms with E-state index in [0.29, 0.717) is 24.5 Å². The molecule has 110 valence electrons. The van der Waals surface area contributed by atoms with E-state index in [1.165, 1.54) is 0 Å². The third-order valence-electron chi connectivity index (χ3n) is 3.50. The first-order chi connectivity index (χ1) is 9.47. The lowest BCUT2D eigenvalue weighted by Crippen LogP contribution is -2.47. The fourth-order valence-electron chi connectivity index (χ4n) is 2.34. The molecule has 20 heavy (non-hydrogen) atoms. The van der Waals surface area contributed by atoms with Crippen molar-refractivity contribution >= 4 is 11.8 Å². The van der Waals surface area contributed by atoms with E-state index in [2.05, 4.69) is 10.5 Å². The molecule has 0 unspecified atom stereocenters. The Morgan fingerprint density at radius 1 is 1.40 bits per heavy atom. The molecule has 1 aliphatic heterocycles. The van der Waals surface area contributed by atoms with Gasteiger partial charge in [-0.3, -0.25) is 9.59 Å². The second-order valence-electron chi connectivity index (χ2n) is 5.55. The minimum atomic E-state index is -0.213. The fourth-order valence-corrected chi connectivity index (χ4v) is 2.34. The first-order valence-electron chi connectivity index (χ1n) is 7.00. The first-order valence-corrected chi connectivity index (χ1v) is 7.00. The van der Waals surface area contributed by atoms with Crippen LogP contribution in [0.4, 0.5) is 0 Å². The van der Waals surface area contributed by atoms with Gasteiger partial charge in [0.2, 0.25) is 5.91 Å². The Kier molecular flexibility index (Phi) is 4.42. The zero-order chi connectivity index (χ0) is 14.7. The number of aromatic nitrogens is 1. The molecule has 0 spiro atoms. The molecular formula is C14H21N3O3. The van der Waals surface area contributed by atoms with E-state index in [1.807, 2.05) is 18.7 Å². The van der Waals surface area contributed by atoms with Crippen LogP contribution in [0.1, 0.15) is 42.9 Å². The van der Waals surface area contributed by atoms with Crippen LogP contribution in [-0.4, -0.2) is 41.0 Å². The molecule has 2 amide bonds. The molecule has 0 bridgehead atoms. The molecule has 1 N–H and O–H groups in total. The largest absolute Gasteiger partial charge is 0.361 e. The zero-order valence-electron chi connectivity index (χ0n) is 12.2. The highest BCUT2D eigenvalue weighted by molar-refractivity contribution is 5.92. The monoisotopic (exact) mass is 279 g/mol. The summed E-state index contributed by atoms with van der Waals surface area (Å²) < 4.78 is 4.89. The smallest absolute Gasteiger partial charge is 0.273 e. The van der Waals surface area contributed by atoms with Gasteiger partial charge in [-0.2, -0.15) is 0 Å². The van der Waals surface area contributed by atoms with Gasteiger partial charge in [0.25, 0.3) is 5.91 Å². The predicted molar refractivity (Wildman–Crippen MR) is 73.1 cm³/mol. The van der Waals surface area contributed by atoms with Crippen LogP contribution in [0.2, 0.25) is 0 Å². The van der Waals surface area contributed by atoms with E-state index in [0.717, 1.165) is 12.8 Å². The van der Waals surface area contributed by atoms with Crippen LogP contribution in [0.15, 0.2) is 10.6 Å². The molecule has 6 heteroatoms. The summed E-state index contributed by atoms with van der Waals surface area (Å²) in [4.78, 5) is 25.7. The topological polar surface area (TPSA) is 75.4 Å². The summed E-state index contributed by atoms with van der Waals surface area (Å²) in [6.07, 6.45) is 1.56. The molecule has 2 rings (SSSR count). The average Bonchev–Trinajstić information content (AvgIpc) is 2.85. The van der Waals surface area contributed by atoms with Crippen molar-refractivity contribution in [1.29, 1.82) is 0 Å². The van der Waals surface area contributed by atoms with Crippen molar-refractivity contribution < 1.29 is 14.1 Å². The van der Waals surface area contributed by atoms with Crippen LogP contribution in [-0.2, 0) is 4.79 Å². The lowest BCUT2D eigenvalue weighted by Gasteiger charge is -2.33. The molecule has 0 aromatic carbocycles. The number of nitrogens with one attached hydrogen (secondary N) is 1. The number of carbonyl (C=O) groups is 2. The lowest BCUT2D eigenvalue weighted by atomic mass is 10.0. The number of carbonyl (C=O) groups excluding carboxylic acids is 2. The Bertz CT molecular complexity index is 488. The van der Waals surface area contributed by atoms with Crippen molar-refractivity contribution in [2.45, 2.75) is 39.7 Å². The summed E-state index contributed by atoms with van der Waals surface area (Å²) in [6, 6.07) is 1.71. The van der Waals surface area contributed by atoms with Crippen molar-refractivity contribution in [3.63, 3.8) is 0 Å². The van der Waals surface area contributed by atoms with Gasteiger partial charge in [-0.15, -0.1) is 0 Å². The molecule has 0 aliphatic carbocycles. The van der Waals surface area contributed by atoms with Crippen molar-refractivity contribution in [3.05, 3.63) is 17.5 Å². The van der Waals surface area contributed by atoms with Crippen LogP contribution in [0, 0.1) is 12.8 Å². The number of rotatable bonds is 3. The highest BCUT2D eigenvalue weighted by atomic mass is 16.5. The fraction of sp³-hybridized carbons (Fsp3) is 0.643. The summed E-state index contributed by atoms with van der Waals surface area (Å²) in [6.45, 7) is 6.95. The van der Waals surface area contributed by atoms with E-state index in [1.54, 1.807) is 13.0 Å². The van der Waals surface area contributed by atoms with Gasteiger partial charge >= 0.3 is 0 Å². The molecule has 0 radical (unpaired) electrons. The van der Waals surface area contributed by atoms with Crippen LogP contribution in [0.5, 0.6) is 0 Å². The second-order valence-corrected chi connectivity index (χ2v) is 5.55. The number of nitrogens with zero attached hydrogens (tertiary/aromatic N) is 2. The standard InChI is InChI=1S/C14H21N3O3/c1-9(2)14(19)17-6-4-11(5-7-17)15-13(18)12-8-10(3)20-16-12/h8-9,11H,4-7H2,1-3H3,(H,15,18). The maximum Gasteiger partial charge on any atom is 0.273 e. The first kappa shape index (κ1) is 14.6. The highest BCUT2D eigenvalue weighted by Crippen LogP contribution is 2.14. The highest BCUT2D eigenvalue weighted by Gasteiger charge is 2.25. The molecular weight excluding hydrogens is 258 g/mol. The van der Waals surface area contributed by atoms with Crippen molar-refractivity contribution in [2.24, 2.45) is 5.92 Å². The van der Waals surface area contributed by atoms with Gasteiger partial charge in [0, 0.05) is 31.1 Å². The molecule has 0 atom stereocenters. The Labute approximate surface area is 118 Å². The number of hydrogen-bond acceptors (Lipinski definition) is 4. The predicted octanol–water partition coefficient (Wildman–Crippen LogP) is 1.36. The van der Waals surface area contributed by atoms with Crippen LogP contribution < -0.4 is 5.32 Å². The number of hydrogen-bond donors (Lipinski definition) is 1. The maximum atomic E-state index is 11.9. The SMILES string of the molecule is Cc1cc(C(=O)NC2CCN(C(=O)C(C)C)CC2)no1. The Morgan fingerprint density at radius 2 is 2.05 bits per heavy atom.